The molecule has 10 heteroatoms. The SMILES string of the molecule is COc1ccc(CCc2nnc(NC(=O)c3ccc(NC(=O)C4CC(=O)N(c5ccccc5)C4)cc3)s2)cc1. The minimum atomic E-state index is -0.447. The predicted octanol–water partition coefficient (Wildman–Crippen LogP) is 4.58. The monoisotopic (exact) mass is 541 g/mol. The maximum absolute atomic E-state index is 12.8. The van der Waals surface area contributed by atoms with Crippen molar-refractivity contribution in [3.05, 3.63) is 95.0 Å². The van der Waals surface area contributed by atoms with Gasteiger partial charge in [-0.3, -0.25) is 19.7 Å². The number of para-hydroxylation sites is 1. The Kier molecular flexibility index (Phi) is 7.93. The number of hydrogen-bond donors (Lipinski definition) is 2. The van der Waals surface area contributed by atoms with Crippen molar-refractivity contribution in [1.29, 1.82) is 0 Å². The fourth-order valence-electron chi connectivity index (χ4n) is 4.31. The normalized spacial score (nSPS) is 14.7. The van der Waals surface area contributed by atoms with E-state index in [1.165, 1.54) is 11.3 Å². The first-order valence-corrected chi connectivity index (χ1v) is 13.3. The molecule has 3 amide bonds. The Morgan fingerprint density at radius 3 is 2.41 bits per heavy atom. The highest BCUT2D eigenvalue weighted by atomic mass is 32.1. The number of ether oxygens (including phenoxy) is 1. The zero-order chi connectivity index (χ0) is 27.2. The first-order valence-electron chi connectivity index (χ1n) is 12.5. The lowest BCUT2D eigenvalue weighted by molar-refractivity contribution is -0.122. The topological polar surface area (TPSA) is 114 Å². The first kappa shape index (κ1) is 26.1. The van der Waals surface area contributed by atoms with E-state index in [1.54, 1.807) is 36.3 Å². The Morgan fingerprint density at radius 1 is 0.949 bits per heavy atom. The Labute approximate surface area is 229 Å². The fraction of sp³-hybridized carbons (Fsp3) is 0.207. The Hall–Kier alpha value is -4.57. The molecule has 1 aromatic heterocycles. The van der Waals surface area contributed by atoms with E-state index in [0.717, 1.165) is 28.4 Å². The second kappa shape index (κ2) is 11.9. The van der Waals surface area contributed by atoms with Crippen LogP contribution in [0.15, 0.2) is 78.9 Å². The quantitative estimate of drug-likeness (QED) is 0.321. The van der Waals surface area contributed by atoms with Gasteiger partial charge in [-0.05, 0) is 60.5 Å². The molecule has 1 atom stereocenters. The van der Waals surface area contributed by atoms with Gasteiger partial charge in [-0.2, -0.15) is 0 Å². The average molecular weight is 542 g/mol. The molecule has 0 aliphatic carbocycles. The van der Waals surface area contributed by atoms with Crippen LogP contribution >= 0.6 is 11.3 Å². The number of methoxy groups -OCH3 is 1. The van der Waals surface area contributed by atoms with Gasteiger partial charge in [0.25, 0.3) is 5.91 Å². The molecule has 0 spiro atoms. The number of amides is 3. The van der Waals surface area contributed by atoms with Crippen LogP contribution in [-0.4, -0.2) is 41.6 Å². The van der Waals surface area contributed by atoms with Crippen LogP contribution < -0.4 is 20.3 Å². The van der Waals surface area contributed by atoms with Crippen molar-refractivity contribution in [3.63, 3.8) is 0 Å². The second-order valence-corrected chi connectivity index (χ2v) is 10.2. The number of carbonyl (C=O) groups excluding carboxylic acids is 3. The molecule has 0 radical (unpaired) electrons. The van der Waals surface area contributed by atoms with E-state index in [-0.39, 0.29) is 24.1 Å². The molecule has 1 aliphatic heterocycles. The molecule has 5 rings (SSSR count). The number of benzene rings is 3. The molecule has 2 N–H and O–H groups in total. The van der Waals surface area contributed by atoms with E-state index in [0.29, 0.717) is 29.3 Å². The molecular formula is C29H27N5O4S. The van der Waals surface area contributed by atoms with Crippen molar-refractivity contribution in [2.75, 3.05) is 29.2 Å². The minimum Gasteiger partial charge on any atom is -0.497 e. The molecule has 3 aromatic carbocycles. The van der Waals surface area contributed by atoms with Gasteiger partial charge in [0.1, 0.15) is 10.8 Å². The molecule has 1 saturated heterocycles. The number of hydrogen-bond acceptors (Lipinski definition) is 7. The molecular weight excluding hydrogens is 514 g/mol. The van der Waals surface area contributed by atoms with Crippen LogP contribution in [-0.2, 0) is 22.4 Å². The zero-order valence-corrected chi connectivity index (χ0v) is 22.1. The number of nitrogens with one attached hydrogen (secondary N) is 2. The smallest absolute Gasteiger partial charge is 0.257 e. The number of anilines is 3. The summed E-state index contributed by atoms with van der Waals surface area (Å²) in [6.45, 7) is 0.332. The molecule has 1 aliphatic rings. The summed E-state index contributed by atoms with van der Waals surface area (Å²) in [6, 6.07) is 23.8. The lowest BCUT2D eigenvalue weighted by atomic mass is 10.1. The van der Waals surface area contributed by atoms with Crippen LogP contribution in [0, 0.1) is 5.92 Å². The van der Waals surface area contributed by atoms with Gasteiger partial charge in [-0.15, -0.1) is 10.2 Å². The summed E-state index contributed by atoms with van der Waals surface area (Å²) >= 11 is 1.34. The summed E-state index contributed by atoms with van der Waals surface area (Å²) in [5, 5.41) is 15.2. The first-order chi connectivity index (χ1) is 19.0. The van der Waals surface area contributed by atoms with Crippen LogP contribution in [0.1, 0.15) is 27.3 Å². The summed E-state index contributed by atoms with van der Waals surface area (Å²) in [5.41, 5.74) is 2.93. The number of aryl methyl sites for hydroxylation is 2. The van der Waals surface area contributed by atoms with Gasteiger partial charge in [0, 0.05) is 36.3 Å². The van der Waals surface area contributed by atoms with Gasteiger partial charge in [-0.1, -0.05) is 41.7 Å². The van der Waals surface area contributed by atoms with Crippen LogP contribution in [0.3, 0.4) is 0 Å². The van der Waals surface area contributed by atoms with Gasteiger partial charge in [0.15, 0.2) is 0 Å². The molecule has 39 heavy (non-hydrogen) atoms. The van der Waals surface area contributed by atoms with E-state index in [4.69, 9.17) is 4.74 Å². The van der Waals surface area contributed by atoms with Crippen molar-refractivity contribution >= 4 is 45.6 Å². The van der Waals surface area contributed by atoms with Crippen molar-refractivity contribution in [2.45, 2.75) is 19.3 Å². The standard InChI is InChI=1S/C29H27N5O4S/c1-38-24-14-7-19(8-15-24)9-16-25-32-33-29(39-25)31-27(36)20-10-12-22(13-11-20)30-28(37)21-17-26(35)34(18-21)23-5-3-2-4-6-23/h2-8,10-15,21H,9,16-18H2,1H3,(H,30,37)(H,31,33,36). The lowest BCUT2D eigenvalue weighted by Gasteiger charge is -2.16. The van der Waals surface area contributed by atoms with Crippen LogP contribution in [0.25, 0.3) is 0 Å². The Morgan fingerprint density at radius 2 is 1.69 bits per heavy atom. The van der Waals surface area contributed by atoms with Crippen LogP contribution in [0.2, 0.25) is 0 Å². The van der Waals surface area contributed by atoms with Gasteiger partial charge < -0.3 is 15.0 Å². The highest BCUT2D eigenvalue weighted by molar-refractivity contribution is 7.15. The number of carbonyl (C=O) groups is 3. The van der Waals surface area contributed by atoms with Gasteiger partial charge in [0.2, 0.25) is 16.9 Å². The summed E-state index contributed by atoms with van der Waals surface area (Å²) < 4.78 is 5.18. The number of aromatic nitrogens is 2. The summed E-state index contributed by atoms with van der Waals surface area (Å²) in [4.78, 5) is 39.5. The van der Waals surface area contributed by atoms with E-state index < -0.39 is 5.92 Å². The molecule has 9 nitrogen and oxygen atoms in total. The largest absolute Gasteiger partial charge is 0.497 e. The van der Waals surface area contributed by atoms with Crippen molar-refractivity contribution in [1.82, 2.24) is 10.2 Å². The van der Waals surface area contributed by atoms with E-state index in [1.807, 2.05) is 54.6 Å². The third kappa shape index (κ3) is 6.47. The third-order valence-corrected chi connectivity index (χ3v) is 7.35. The van der Waals surface area contributed by atoms with Gasteiger partial charge in [0.05, 0.1) is 13.0 Å². The maximum Gasteiger partial charge on any atom is 0.257 e. The predicted molar refractivity (Wildman–Crippen MR) is 150 cm³/mol. The fourth-order valence-corrected chi connectivity index (χ4v) is 5.04. The van der Waals surface area contributed by atoms with Crippen molar-refractivity contribution in [3.8, 4) is 5.75 Å². The molecule has 2 heterocycles. The molecule has 1 fully saturated rings. The number of rotatable bonds is 9. The zero-order valence-electron chi connectivity index (χ0n) is 21.3. The van der Waals surface area contributed by atoms with Crippen molar-refractivity contribution < 1.29 is 19.1 Å². The maximum atomic E-state index is 12.8. The Bertz CT molecular complexity index is 1460. The third-order valence-electron chi connectivity index (χ3n) is 6.45. The highest BCUT2D eigenvalue weighted by Crippen LogP contribution is 2.26. The molecule has 0 saturated carbocycles. The Balaban J connectivity index is 1.11. The van der Waals surface area contributed by atoms with E-state index in [9.17, 15) is 14.4 Å². The van der Waals surface area contributed by atoms with E-state index >= 15 is 0 Å². The molecule has 1 unspecified atom stereocenters. The lowest BCUT2D eigenvalue weighted by Crippen LogP contribution is -2.28. The molecule has 198 valence electrons. The van der Waals surface area contributed by atoms with Crippen LogP contribution in [0.4, 0.5) is 16.5 Å². The average Bonchev–Trinajstić information content (AvgIpc) is 3.59. The number of nitrogens with zero attached hydrogens (tertiary/aromatic N) is 3. The van der Waals surface area contributed by atoms with E-state index in [2.05, 4.69) is 20.8 Å². The van der Waals surface area contributed by atoms with Gasteiger partial charge >= 0.3 is 0 Å². The highest BCUT2D eigenvalue weighted by Gasteiger charge is 2.35. The molecule has 4 aromatic rings. The summed E-state index contributed by atoms with van der Waals surface area (Å²) in [7, 11) is 1.64. The minimum absolute atomic E-state index is 0.0751. The van der Waals surface area contributed by atoms with Gasteiger partial charge in [-0.25, -0.2) is 0 Å². The summed E-state index contributed by atoms with van der Waals surface area (Å²) in [6.07, 6.45) is 1.67. The second-order valence-electron chi connectivity index (χ2n) is 9.11. The summed E-state index contributed by atoms with van der Waals surface area (Å²) in [5.74, 6) is -0.248. The van der Waals surface area contributed by atoms with Crippen LogP contribution in [0.5, 0.6) is 5.75 Å². The molecule has 0 bridgehead atoms. The van der Waals surface area contributed by atoms with Crippen molar-refractivity contribution in [2.24, 2.45) is 5.92 Å².